The first-order valence-corrected chi connectivity index (χ1v) is 10.8. The number of halogens is 2. The lowest BCUT2D eigenvalue weighted by Gasteiger charge is -2.25. The molecule has 9 nitrogen and oxygen atoms in total. The molecule has 0 spiro atoms. The van der Waals surface area contributed by atoms with Gasteiger partial charge in [-0.15, -0.1) is 11.6 Å². The summed E-state index contributed by atoms with van der Waals surface area (Å²) in [5.41, 5.74) is 8.27. The summed E-state index contributed by atoms with van der Waals surface area (Å²) in [4.78, 5) is 20.6. The van der Waals surface area contributed by atoms with Gasteiger partial charge in [0.05, 0.1) is 5.02 Å². The number of benzene rings is 2. The highest BCUT2D eigenvalue weighted by atomic mass is 35.5. The number of amidine groups is 3. The zero-order valence-electron chi connectivity index (χ0n) is 17.5. The molecule has 11 heteroatoms. The van der Waals surface area contributed by atoms with Crippen molar-refractivity contribution in [3.05, 3.63) is 69.7 Å². The predicted molar refractivity (Wildman–Crippen MR) is 127 cm³/mol. The van der Waals surface area contributed by atoms with E-state index in [4.69, 9.17) is 43.8 Å². The first kappa shape index (κ1) is 22.6. The molecule has 2 aromatic rings. The Morgan fingerprint density at radius 2 is 2.03 bits per heavy atom. The van der Waals surface area contributed by atoms with Crippen LogP contribution in [0.2, 0.25) is 5.02 Å². The van der Waals surface area contributed by atoms with E-state index in [1.165, 1.54) is 6.07 Å². The largest absolute Gasteiger partial charge is 0.435 e. The molecule has 0 saturated heterocycles. The molecule has 170 valence electrons. The monoisotopic (exact) mass is 486 g/mol. The first-order chi connectivity index (χ1) is 15.8. The van der Waals surface area contributed by atoms with Crippen molar-refractivity contribution in [2.24, 2.45) is 15.7 Å². The zero-order chi connectivity index (χ0) is 23.5. The van der Waals surface area contributed by atoms with Crippen molar-refractivity contribution in [3.63, 3.8) is 0 Å². The highest BCUT2D eigenvalue weighted by Crippen LogP contribution is 2.29. The summed E-state index contributed by atoms with van der Waals surface area (Å²) in [5, 5.41) is 13.6. The standard InChI is InChI=1S/C22H20Cl2N6O3/c1-11-6-12(4-5-23)8-14(7-11)32-22-29-20-18(28-17(31)10-27-20)21(30-22)33-16-9-13(19(25)26)2-3-15(16)24/h2-3,6-9H,4-5,10H2,1H3,(H3,25,26)(H,28,31)(H,27,29,30). The van der Waals surface area contributed by atoms with Crippen LogP contribution in [0.1, 0.15) is 16.7 Å². The minimum Gasteiger partial charge on any atom is -0.435 e. The fourth-order valence-electron chi connectivity index (χ4n) is 3.23. The highest BCUT2D eigenvalue weighted by molar-refractivity contribution is 6.32. The molecule has 2 aliphatic heterocycles. The summed E-state index contributed by atoms with van der Waals surface area (Å²) in [6.45, 7) is 1.90. The van der Waals surface area contributed by atoms with E-state index in [1.54, 1.807) is 12.1 Å². The average molecular weight is 487 g/mol. The van der Waals surface area contributed by atoms with Crippen LogP contribution in [0.25, 0.3) is 0 Å². The molecular weight excluding hydrogens is 467 g/mol. The molecule has 1 amide bonds. The number of nitrogens with zero attached hydrogens (tertiary/aromatic N) is 2. The Bertz CT molecular complexity index is 1240. The molecule has 2 aliphatic rings. The average Bonchev–Trinajstić information content (AvgIpc) is 2.75. The summed E-state index contributed by atoms with van der Waals surface area (Å²) in [5.74, 6) is 1.14. The van der Waals surface area contributed by atoms with E-state index < -0.39 is 0 Å². The molecule has 0 fully saturated rings. The van der Waals surface area contributed by atoms with Crippen molar-refractivity contribution in [3.8, 4) is 11.5 Å². The second-order valence-corrected chi connectivity index (χ2v) is 8.08. The van der Waals surface area contributed by atoms with Crippen LogP contribution in [-0.2, 0) is 11.2 Å². The molecule has 4 rings (SSSR count). The minimum absolute atomic E-state index is 0.0202. The molecule has 0 saturated carbocycles. The van der Waals surface area contributed by atoms with Gasteiger partial charge in [-0.25, -0.2) is 0 Å². The van der Waals surface area contributed by atoms with Crippen LogP contribution in [0, 0.1) is 12.3 Å². The summed E-state index contributed by atoms with van der Waals surface area (Å²) < 4.78 is 11.9. The predicted octanol–water partition coefficient (Wildman–Crippen LogP) is 2.83. The maximum absolute atomic E-state index is 11.9. The molecule has 0 radical (unpaired) electrons. The maximum Gasteiger partial charge on any atom is 0.304 e. The Morgan fingerprint density at radius 1 is 1.21 bits per heavy atom. The summed E-state index contributed by atoms with van der Waals surface area (Å²) >= 11 is 12.2. The molecule has 5 N–H and O–H groups in total. The van der Waals surface area contributed by atoms with E-state index in [9.17, 15) is 4.79 Å². The van der Waals surface area contributed by atoms with E-state index in [2.05, 4.69) is 20.6 Å². The normalized spacial score (nSPS) is 15.1. The topological polar surface area (TPSA) is 134 Å². The van der Waals surface area contributed by atoms with Gasteiger partial charge >= 0.3 is 6.02 Å². The van der Waals surface area contributed by atoms with Crippen LogP contribution >= 0.6 is 23.2 Å². The number of aliphatic imine (C=N–C) groups is 2. The quantitative estimate of drug-likeness (QED) is 0.283. The van der Waals surface area contributed by atoms with Crippen LogP contribution in [0.5, 0.6) is 11.5 Å². The lowest BCUT2D eigenvalue weighted by atomic mass is 10.1. The Labute approximate surface area is 199 Å². The van der Waals surface area contributed by atoms with Gasteiger partial charge in [-0.1, -0.05) is 17.7 Å². The lowest BCUT2D eigenvalue weighted by Crippen LogP contribution is -2.48. The zero-order valence-corrected chi connectivity index (χ0v) is 19.0. The maximum atomic E-state index is 11.9. The van der Waals surface area contributed by atoms with Crippen LogP contribution in [0.15, 0.2) is 58.0 Å². The van der Waals surface area contributed by atoms with E-state index >= 15 is 0 Å². The Kier molecular flexibility index (Phi) is 6.52. The second-order valence-electron chi connectivity index (χ2n) is 7.29. The second kappa shape index (κ2) is 9.51. The van der Waals surface area contributed by atoms with Crippen molar-refractivity contribution < 1.29 is 14.3 Å². The number of fused-ring (bicyclic) bond motifs is 1. The molecule has 33 heavy (non-hydrogen) atoms. The first-order valence-electron chi connectivity index (χ1n) is 9.93. The Hall–Kier alpha value is -3.56. The van der Waals surface area contributed by atoms with E-state index in [0.717, 1.165) is 11.1 Å². The van der Waals surface area contributed by atoms with Gasteiger partial charge in [0.2, 0.25) is 5.91 Å². The van der Waals surface area contributed by atoms with Crippen LogP contribution in [0.4, 0.5) is 0 Å². The number of alkyl halides is 1. The number of nitrogens with two attached hydrogens (primary N) is 1. The smallest absolute Gasteiger partial charge is 0.304 e. The molecule has 0 atom stereocenters. The van der Waals surface area contributed by atoms with Gasteiger partial charge in [-0.3, -0.25) is 20.5 Å². The van der Waals surface area contributed by atoms with Gasteiger partial charge in [0.1, 0.15) is 29.6 Å². The van der Waals surface area contributed by atoms with Crippen molar-refractivity contribution in [1.29, 1.82) is 5.41 Å². The third-order valence-electron chi connectivity index (χ3n) is 4.68. The van der Waals surface area contributed by atoms with Crippen LogP contribution < -0.4 is 25.8 Å². The molecule has 0 aromatic heterocycles. The molecule has 0 bridgehead atoms. The molecule has 2 heterocycles. The van der Waals surface area contributed by atoms with Gasteiger partial charge in [-0.2, -0.15) is 4.99 Å². The molecule has 0 aliphatic carbocycles. The number of carbonyl (C=O) groups excluding carboxylic acids is 1. The third kappa shape index (κ3) is 5.27. The number of amides is 1. The van der Waals surface area contributed by atoms with Gasteiger partial charge in [0, 0.05) is 11.4 Å². The minimum atomic E-state index is -0.316. The number of hydrogen-bond donors (Lipinski definition) is 4. The van der Waals surface area contributed by atoms with Crippen molar-refractivity contribution in [1.82, 2.24) is 10.6 Å². The number of carbonyl (C=O) groups is 1. The lowest BCUT2D eigenvalue weighted by molar-refractivity contribution is -0.119. The summed E-state index contributed by atoms with van der Waals surface area (Å²) in [7, 11) is 0. The number of ether oxygens (including phenoxy) is 2. The summed E-state index contributed by atoms with van der Waals surface area (Å²) in [6.07, 6.45) is 0.696. The van der Waals surface area contributed by atoms with Crippen molar-refractivity contribution in [2.45, 2.75) is 13.3 Å². The SMILES string of the molecule is Cc1cc(CCCl)cc(OC2=NC(Oc3cc(C(=N)N)ccc3Cl)=C3NC(=O)CN=C3N2)c1. The van der Waals surface area contributed by atoms with Gasteiger partial charge < -0.3 is 20.5 Å². The van der Waals surface area contributed by atoms with Crippen molar-refractivity contribution in [2.75, 3.05) is 12.4 Å². The fourth-order valence-corrected chi connectivity index (χ4v) is 3.60. The number of nitrogen functional groups attached to an aromatic ring is 1. The van der Waals surface area contributed by atoms with Gasteiger partial charge in [-0.05, 0) is 54.8 Å². The van der Waals surface area contributed by atoms with E-state index in [-0.39, 0.29) is 46.7 Å². The van der Waals surface area contributed by atoms with Gasteiger partial charge in [0.25, 0.3) is 5.88 Å². The van der Waals surface area contributed by atoms with E-state index in [0.29, 0.717) is 29.4 Å². The highest BCUT2D eigenvalue weighted by Gasteiger charge is 2.29. The number of aryl methyl sites for hydroxylation is 2. The summed E-state index contributed by atoms with van der Waals surface area (Å²) in [6, 6.07) is 10.5. The van der Waals surface area contributed by atoms with Gasteiger partial charge in [0.15, 0.2) is 5.84 Å². The molecule has 2 aromatic carbocycles. The fraction of sp³-hybridized carbons (Fsp3) is 0.182. The van der Waals surface area contributed by atoms with Crippen LogP contribution in [0.3, 0.4) is 0 Å². The number of rotatable bonds is 6. The number of nitrogens with one attached hydrogen (secondary N) is 3. The van der Waals surface area contributed by atoms with Crippen LogP contribution in [-0.4, -0.2) is 36.0 Å². The van der Waals surface area contributed by atoms with Crippen molar-refractivity contribution >= 4 is 46.8 Å². The third-order valence-corrected chi connectivity index (χ3v) is 5.18. The Morgan fingerprint density at radius 3 is 2.79 bits per heavy atom. The molecule has 0 unspecified atom stereocenters. The molecular formula is C22H20Cl2N6O3. The number of hydrogen-bond acceptors (Lipinski definition) is 7. The van der Waals surface area contributed by atoms with E-state index in [1.807, 2.05) is 25.1 Å². The Balaban J connectivity index is 1.70.